The zero-order chi connectivity index (χ0) is 24.9. The van der Waals surface area contributed by atoms with Gasteiger partial charge >= 0.3 is 5.97 Å². The molecule has 1 atom stereocenters. The van der Waals surface area contributed by atoms with E-state index in [0.29, 0.717) is 33.3 Å². The largest absolute Gasteiger partial charge is 0.465 e. The van der Waals surface area contributed by atoms with Crippen LogP contribution in [0.25, 0.3) is 11.0 Å². The SMILES string of the molecule is COC(=O)c1ccc(C2c3c(oc4ccc(C)cc4c3=O)C(=O)N2c2ccc(C(C)=O)cc2)cc1. The second-order valence-corrected chi connectivity index (χ2v) is 8.47. The quantitative estimate of drug-likeness (QED) is 0.315. The predicted molar refractivity (Wildman–Crippen MR) is 130 cm³/mol. The van der Waals surface area contributed by atoms with E-state index in [4.69, 9.17) is 9.15 Å². The third-order valence-electron chi connectivity index (χ3n) is 6.23. The number of hydrogen-bond donors (Lipinski definition) is 0. The molecule has 1 amide bonds. The summed E-state index contributed by atoms with van der Waals surface area (Å²) in [5.41, 5.74) is 3.16. The molecule has 0 aliphatic carbocycles. The average Bonchev–Trinajstić information content (AvgIpc) is 3.16. The van der Waals surface area contributed by atoms with Crippen LogP contribution in [-0.2, 0) is 4.74 Å². The lowest BCUT2D eigenvalue weighted by atomic mass is 9.97. The molecule has 0 N–H and O–H groups in total. The average molecular weight is 467 g/mol. The van der Waals surface area contributed by atoms with Gasteiger partial charge in [0.15, 0.2) is 11.2 Å². The Bertz CT molecular complexity index is 1560. The van der Waals surface area contributed by atoms with Crippen LogP contribution in [0, 0.1) is 6.92 Å². The molecule has 35 heavy (non-hydrogen) atoms. The molecule has 1 aromatic heterocycles. The minimum Gasteiger partial charge on any atom is -0.465 e. The first kappa shape index (κ1) is 22.3. The summed E-state index contributed by atoms with van der Waals surface area (Å²) in [6.45, 7) is 3.34. The Labute approximate surface area is 200 Å². The molecule has 4 aromatic rings. The van der Waals surface area contributed by atoms with Gasteiger partial charge in [-0.3, -0.25) is 19.3 Å². The molecule has 5 rings (SSSR count). The molecule has 1 aliphatic rings. The van der Waals surface area contributed by atoms with Crippen LogP contribution in [0.15, 0.2) is 75.9 Å². The van der Waals surface area contributed by atoms with Gasteiger partial charge in [-0.25, -0.2) is 4.79 Å². The minimum atomic E-state index is -0.784. The lowest BCUT2D eigenvalue weighted by Gasteiger charge is -2.25. The summed E-state index contributed by atoms with van der Waals surface area (Å²) >= 11 is 0. The molecule has 0 radical (unpaired) electrons. The molecule has 0 bridgehead atoms. The number of Topliss-reactive ketones (excluding diaryl/α,β-unsaturated/α-hetero) is 1. The fourth-order valence-corrected chi connectivity index (χ4v) is 4.44. The third kappa shape index (κ3) is 3.61. The molecule has 7 nitrogen and oxygen atoms in total. The summed E-state index contributed by atoms with van der Waals surface area (Å²) in [7, 11) is 1.30. The topological polar surface area (TPSA) is 93.9 Å². The van der Waals surface area contributed by atoms with Crippen LogP contribution < -0.4 is 10.3 Å². The van der Waals surface area contributed by atoms with Crippen molar-refractivity contribution < 1.29 is 23.5 Å². The molecule has 7 heteroatoms. The molecule has 1 aliphatic heterocycles. The Kier molecular flexibility index (Phi) is 5.32. The molecule has 3 aromatic carbocycles. The molecular weight excluding hydrogens is 446 g/mol. The number of esters is 1. The van der Waals surface area contributed by atoms with Crippen molar-refractivity contribution in [1.82, 2.24) is 0 Å². The van der Waals surface area contributed by atoms with E-state index < -0.39 is 17.9 Å². The van der Waals surface area contributed by atoms with E-state index in [0.717, 1.165) is 5.56 Å². The number of amides is 1. The van der Waals surface area contributed by atoms with Crippen LogP contribution in [0.1, 0.15) is 60.9 Å². The Morgan fingerprint density at radius 1 is 0.914 bits per heavy atom. The van der Waals surface area contributed by atoms with Gasteiger partial charge < -0.3 is 9.15 Å². The molecule has 0 saturated heterocycles. The second kappa shape index (κ2) is 8.36. The first-order valence-electron chi connectivity index (χ1n) is 11.0. The monoisotopic (exact) mass is 467 g/mol. The van der Waals surface area contributed by atoms with Gasteiger partial charge in [0, 0.05) is 11.3 Å². The van der Waals surface area contributed by atoms with Crippen molar-refractivity contribution in [2.75, 3.05) is 12.0 Å². The highest BCUT2D eigenvalue weighted by Gasteiger charge is 2.43. The van der Waals surface area contributed by atoms with Crippen LogP contribution >= 0.6 is 0 Å². The number of ketones is 1. The maximum atomic E-state index is 13.7. The molecule has 0 spiro atoms. The number of hydrogen-bond acceptors (Lipinski definition) is 6. The molecule has 0 fully saturated rings. The second-order valence-electron chi connectivity index (χ2n) is 8.47. The Morgan fingerprint density at radius 2 is 1.57 bits per heavy atom. The number of benzene rings is 3. The van der Waals surface area contributed by atoms with E-state index in [-0.39, 0.29) is 22.5 Å². The van der Waals surface area contributed by atoms with E-state index in [1.54, 1.807) is 60.7 Å². The highest BCUT2D eigenvalue weighted by Crippen LogP contribution is 2.41. The van der Waals surface area contributed by atoms with Crippen molar-refractivity contribution in [3.8, 4) is 0 Å². The van der Waals surface area contributed by atoms with Crippen molar-refractivity contribution >= 4 is 34.3 Å². The van der Waals surface area contributed by atoms with Gasteiger partial charge in [-0.05, 0) is 67.9 Å². The molecule has 2 heterocycles. The van der Waals surface area contributed by atoms with E-state index in [9.17, 15) is 19.2 Å². The Hall–Kier alpha value is -4.52. The van der Waals surface area contributed by atoms with Crippen LogP contribution in [0.4, 0.5) is 5.69 Å². The highest BCUT2D eigenvalue weighted by atomic mass is 16.5. The van der Waals surface area contributed by atoms with Crippen LogP contribution in [-0.4, -0.2) is 24.8 Å². The number of rotatable bonds is 4. The van der Waals surface area contributed by atoms with E-state index >= 15 is 0 Å². The van der Waals surface area contributed by atoms with Gasteiger partial charge in [-0.15, -0.1) is 0 Å². The van der Waals surface area contributed by atoms with Gasteiger partial charge in [0.2, 0.25) is 5.76 Å². The summed E-state index contributed by atoms with van der Waals surface area (Å²) in [6, 6.07) is 17.6. The first-order valence-corrected chi connectivity index (χ1v) is 11.0. The number of carbonyl (C=O) groups is 3. The number of fused-ring (bicyclic) bond motifs is 2. The van der Waals surface area contributed by atoms with Crippen LogP contribution in [0.2, 0.25) is 0 Å². The number of ether oxygens (including phenoxy) is 1. The standard InChI is InChI=1S/C28H21NO6/c1-15-4-13-22-21(14-15)25(31)23-24(18-5-7-19(8-6-18)28(33)34-3)29(27(32)26(23)35-22)20-11-9-17(10-12-20)16(2)30/h4-14,24H,1-3H3. The van der Waals surface area contributed by atoms with E-state index in [1.165, 1.54) is 18.9 Å². The van der Waals surface area contributed by atoms with Gasteiger partial charge in [-0.1, -0.05) is 23.8 Å². The highest BCUT2D eigenvalue weighted by molar-refractivity contribution is 6.11. The minimum absolute atomic E-state index is 0.0240. The van der Waals surface area contributed by atoms with E-state index in [1.807, 2.05) is 13.0 Å². The summed E-state index contributed by atoms with van der Waals surface area (Å²) in [5.74, 6) is -1.07. The molecule has 0 saturated carbocycles. The zero-order valence-corrected chi connectivity index (χ0v) is 19.3. The number of anilines is 1. The molecular formula is C28H21NO6. The molecule has 1 unspecified atom stereocenters. The van der Waals surface area contributed by atoms with Gasteiger partial charge in [0.25, 0.3) is 5.91 Å². The maximum Gasteiger partial charge on any atom is 0.337 e. The molecule has 174 valence electrons. The normalized spacial score (nSPS) is 14.8. The fourth-order valence-electron chi connectivity index (χ4n) is 4.44. The number of nitrogens with zero attached hydrogens (tertiary/aromatic N) is 1. The summed E-state index contributed by atoms with van der Waals surface area (Å²) < 4.78 is 10.8. The summed E-state index contributed by atoms with van der Waals surface area (Å²) in [5, 5.41) is 0.390. The van der Waals surface area contributed by atoms with Crippen molar-refractivity contribution in [2.45, 2.75) is 19.9 Å². The summed E-state index contributed by atoms with van der Waals surface area (Å²) in [6.07, 6.45) is 0. The van der Waals surface area contributed by atoms with Gasteiger partial charge in [0.05, 0.1) is 29.7 Å². The van der Waals surface area contributed by atoms with Crippen molar-refractivity contribution in [3.05, 3.63) is 111 Å². The first-order chi connectivity index (χ1) is 16.8. The fraction of sp³-hybridized carbons (Fsp3) is 0.143. The number of aryl methyl sites for hydroxylation is 1. The Morgan fingerprint density at radius 3 is 2.20 bits per heavy atom. The van der Waals surface area contributed by atoms with Crippen molar-refractivity contribution in [1.29, 1.82) is 0 Å². The Balaban J connectivity index is 1.74. The van der Waals surface area contributed by atoms with Crippen molar-refractivity contribution in [2.24, 2.45) is 0 Å². The van der Waals surface area contributed by atoms with Gasteiger partial charge in [0.1, 0.15) is 5.58 Å². The third-order valence-corrected chi connectivity index (χ3v) is 6.23. The zero-order valence-electron chi connectivity index (χ0n) is 19.3. The lowest BCUT2D eigenvalue weighted by Crippen LogP contribution is -2.29. The summed E-state index contributed by atoms with van der Waals surface area (Å²) in [4.78, 5) is 52.5. The van der Waals surface area contributed by atoms with Crippen molar-refractivity contribution in [3.63, 3.8) is 0 Å². The van der Waals surface area contributed by atoms with E-state index in [2.05, 4.69) is 0 Å². The predicted octanol–water partition coefficient (Wildman–Crippen LogP) is 4.84. The maximum absolute atomic E-state index is 13.7. The van der Waals surface area contributed by atoms with Crippen LogP contribution in [0.3, 0.4) is 0 Å². The number of carbonyl (C=O) groups excluding carboxylic acids is 3. The van der Waals surface area contributed by atoms with Crippen LogP contribution in [0.5, 0.6) is 0 Å². The lowest BCUT2D eigenvalue weighted by molar-refractivity contribution is 0.0600. The van der Waals surface area contributed by atoms with Gasteiger partial charge in [-0.2, -0.15) is 0 Å². The smallest absolute Gasteiger partial charge is 0.337 e. The number of methoxy groups -OCH3 is 1.